The van der Waals surface area contributed by atoms with Crippen molar-refractivity contribution in [1.29, 1.82) is 0 Å². The van der Waals surface area contributed by atoms with Gasteiger partial charge < -0.3 is 4.74 Å². The van der Waals surface area contributed by atoms with Crippen LogP contribution in [0.4, 0.5) is 9.52 Å². The number of thioether (sulfide) groups is 1. The number of nitrogens with zero attached hydrogens (tertiary/aromatic N) is 3. The summed E-state index contributed by atoms with van der Waals surface area (Å²) in [6.07, 6.45) is 2.09. The third kappa shape index (κ3) is 7.39. The number of hydrogen-bond donors (Lipinski definition) is 0. The zero-order valence-corrected chi connectivity index (χ0v) is 21.8. The van der Waals surface area contributed by atoms with Crippen molar-refractivity contribution in [3.63, 3.8) is 0 Å². The molecule has 0 spiro atoms. The van der Waals surface area contributed by atoms with Crippen LogP contribution < -0.4 is 4.90 Å². The van der Waals surface area contributed by atoms with Gasteiger partial charge in [-0.3, -0.25) is 14.6 Å². The first kappa shape index (κ1) is 26.9. The molecule has 2 aromatic carbocycles. The van der Waals surface area contributed by atoms with Gasteiger partial charge in [-0.1, -0.05) is 35.1 Å². The van der Waals surface area contributed by atoms with Gasteiger partial charge in [0, 0.05) is 37.5 Å². The molecule has 34 heavy (non-hydrogen) atoms. The molecule has 0 aliphatic carbocycles. The maximum Gasteiger partial charge on any atom is 0.228 e. The minimum absolute atomic E-state index is 0. The minimum atomic E-state index is -0.342. The van der Waals surface area contributed by atoms with E-state index in [1.807, 2.05) is 6.07 Å². The summed E-state index contributed by atoms with van der Waals surface area (Å²) in [4.78, 5) is 23.0. The van der Waals surface area contributed by atoms with Crippen LogP contribution in [0.3, 0.4) is 0 Å². The Morgan fingerprint density at radius 3 is 2.68 bits per heavy atom. The summed E-state index contributed by atoms with van der Waals surface area (Å²) in [5, 5.41) is 0.591. The van der Waals surface area contributed by atoms with E-state index in [4.69, 9.17) is 4.74 Å². The van der Waals surface area contributed by atoms with E-state index in [1.54, 1.807) is 22.7 Å². The molecule has 0 unspecified atom stereocenters. The average molecular weight is 524 g/mol. The molecular formula is C25H31ClFN3O2S2. The molecule has 0 radical (unpaired) electrons. The monoisotopic (exact) mass is 523 g/mol. The third-order valence-electron chi connectivity index (χ3n) is 5.67. The largest absolute Gasteiger partial charge is 0.379 e. The number of fused-ring (bicyclic) bond motifs is 1. The number of halogens is 2. The molecule has 1 amide bonds. The van der Waals surface area contributed by atoms with E-state index < -0.39 is 0 Å². The Kier molecular flexibility index (Phi) is 10.6. The molecule has 1 aliphatic heterocycles. The SMILES string of the molecule is Cc1ccc(SCCCC(=O)N(CCCN2CCOCC2)c2nc3c(F)cccc3s2)cc1.Cl. The number of para-hydroxylation sites is 1. The van der Waals surface area contributed by atoms with Gasteiger partial charge in [0.25, 0.3) is 0 Å². The number of anilines is 1. The van der Waals surface area contributed by atoms with E-state index in [-0.39, 0.29) is 24.1 Å². The maximum absolute atomic E-state index is 14.2. The number of carbonyl (C=O) groups is 1. The number of morpholine rings is 1. The Bertz CT molecular complexity index is 1060. The number of benzene rings is 2. The second-order valence-corrected chi connectivity index (χ2v) is 10.4. The summed E-state index contributed by atoms with van der Waals surface area (Å²) in [6.45, 7) is 6.96. The number of hydrogen-bond acceptors (Lipinski definition) is 6. The number of thiazole rings is 1. The molecule has 1 fully saturated rings. The van der Waals surface area contributed by atoms with Crippen molar-refractivity contribution in [1.82, 2.24) is 9.88 Å². The first-order valence-corrected chi connectivity index (χ1v) is 13.3. The van der Waals surface area contributed by atoms with Crippen LogP contribution in [0.1, 0.15) is 24.8 Å². The molecule has 2 heterocycles. The van der Waals surface area contributed by atoms with Gasteiger partial charge in [0.05, 0.1) is 17.9 Å². The van der Waals surface area contributed by atoms with E-state index in [2.05, 4.69) is 41.1 Å². The smallest absolute Gasteiger partial charge is 0.228 e. The molecule has 0 N–H and O–H groups in total. The number of carbonyl (C=O) groups excluding carboxylic acids is 1. The number of rotatable bonds is 10. The van der Waals surface area contributed by atoms with E-state index in [0.29, 0.717) is 23.6 Å². The highest BCUT2D eigenvalue weighted by Gasteiger charge is 2.21. The van der Waals surface area contributed by atoms with Gasteiger partial charge in [0.2, 0.25) is 5.91 Å². The Hall–Kier alpha value is -1.71. The Morgan fingerprint density at radius 2 is 1.94 bits per heavy atom. The van der Waals surface area contributed by atoms with Gasteiger partial charge in [-0.2, -0.15) is 0 Å². The van der Waals surface area contributed by atoms with Crippen LogP contribution in [-0.4, -0.2) is 60.9 Å². The van der Waals surface area contributed by atoms with Gasteiger partial charge in [-0.05, 0) is 49.8 Å². The summed E-state index contributed by atoms with van der Waals surface area (Å²) in [5.74, 6) is 0.594. The molecule has 1 aromatic heterocycles. The highest BCUT2D eigenvalue weighted by molar-refractivity contribution is 7.99. The second-order valence-electron chi connectivity index (χ2n) is 8.20. The molecule has 5 nitrogen and oxygen atoms in total. The maximum atomic E-state index is 14.2. The lowest BCUT2D eigenvalue weighted by Crippen LogP contribution is -2.39. The molecule has 1 saturated heterocycles. The average Bonchev–Trinajstić information content (AvgIpc) is 3.26. The van der Waals surface area contributed by atoms with Crippen LogP contribution in [0.25, 0.3) is 10.2 Å². The van der Waals surface area contributed by atoms with Gasteiger partial charge in [0.15, 0.2) is 5.13 Å². The van der Waals surface area contributed by atoms with E-state index in [1.165, 1.54) is 27.9 Å². The van der Waals surface area contributed by atoms with Crippen LogP contribution in [0.5, 0.6) is 0 Å². The summed E-state index contributed by atoms with van der Waals surface area (Å²) in [5.41, 5.74) is 1.59. The summed E-state index contributed by atoms with van der Waals surface area (Å²) in [6, 6.07) is 13.4. The number of aryl methyl sites for hydroxylation is 1. The zero-order chi connectivity index (χ0) is 23.0. The lowest BCUT2D eigenvalue weighted by atomic mass is 10.2. The highest BCUT2D eigenvalue weighted by Crippen LogP contribution is 2.31. The molecule has 1 aliphatic rings. The van der Waals surface area contributed by atoms with E-state index >= 15 is 0 Å². The molecule has 0 saturated carbocycles. The Balaban J connectivity index is 0.00000324. The lowest BCUT2D eigenvalue weighted by Gasteiger charge is -2.27. The third-order valence-corrected chi connectivity index (χ3v) is 7.82. The number of ether oxygens (including phenoxy) is 1. The summed E-state index contributed by atoms with van der Waals surface area (Å²) < 4.78 is 20.4. The Morgan fingerprint density at radius 1 is 1.18 bits per heavy atom. The van der Waals surface area contributed by atoms with E-state index in [0.717, 1.165) is 56.1 Å². The van der Waals surface area contributed by atoms with Crippen molar-refractivity contribution in [2.75, 3.05) is 50.0 Å². The fourth-order valence-corrected chi connectivity index (χ4v) is 5.68. The number of amides is 1. The van der Waals surface area contributed by atoms with Crippen LogP contribution in [0.15, 0.2) is 47.4 Å². The first-order valence-electron chi connectivity index (χ1n) is 11.4. The van der Waals surface area contributed by atoms with Gasteiger partial charge in [-0.25, -0.2) is 9.37 Å². The van der Waals surface area contributed by atoms with Crippen molar-refractivity contribution in [3.8, 4) is 0 Å². The second kappa shape index (κ2) is 13.4. The topological polar surface area (TPSA) is 45.7 Å². The first-order chi connectivity index (χ1) is 16.1. The van der Waals surface area contributed by atoms with Crippen molar-refractivity contribution in [2.24, 2.45) is 0 Å². The zero-order valence-electron chi connectivity index (χ0n) is 19.4. The van der Waals surface area contributed by atoms with Crippen LogP contribution in [-0.2, 0) is 9.53 Å². The summed E-state index contributed by atoms with van der Waals surface area (Å²) >= 11 is 3.16. The van der Waals surface area contributed by atoms with Crippen molar-refractivity contribution >= 4 is 56.8 Å². The molecule has 0 atom stereocenters. The van der Waals surface area contributed by atoms with Crippen LogP contribution in [0, 0.1) is 12.7 Å². The molecule has 3 aromatic rings. The van der Waals surface area contributed by atoms with Crippen molar-refractivity contribution in [3.05, 3.63) is 53.8 Å². The minimum Gasteiger partial charge on any atom is -0.379 e. The van der Waals surface area contributed by atoms with Crippen molar-refractivity contribution in [2.45, 2.75) is 31.1 Å². The van der Waals surface area contributed by atoms with Gasteiger partial charge in [-0.15, -0.1) is 24.2 Å². The lowest BCUT2D eigenvalue weighted by molar-refractivity contribution is -0.118. The predicted molar refractivity (Wildman–Crippen MR) is 142 cm³/mol. The van der Waals surface area contributed by atoms with E-state index in [9.17, 15) is 9.18 Å². The van der Waals surface area contributed by atoms with Crippen molar-refractivity contribution < 1.29 is 13.9 Å². The van der Waals surface area contributed by atoms with Crippen LogP contribution >= 0.6 is 35.5 Å². The molecule has 9 heteroatoms. The van der Waals surface area contributed by atoms with Gasteiger partial charge in [0.1, 0.15) is 11.3 Å². The molecular weight excluding hydrogens is 493 g/mol. The molecule has 184 valence electrons. The fourth-order valence-electron chi connectivity index (χ4n) is 3.81. The van der Waals surface area contributed by atoms with Crippen LogP contribution in [0.2, 0.25) is 0 Å². The highest BCUT2D eigenvalue weighted by atomic mass is 35.5. The normalized spacial score (nSPS) is 14.2. The predicted octanol–water partition coefficient (Wildman–Crippen LogP) is 5.79. The molecule has 4 rings (SSSR count). The standard InChI is InChI=1S/C25H30FN3O2S2.ClH/c1-19-8-10-20(11-9-19)32-18-3-7-23(30)29(13-4-12-28-14-16-31-17-15-28)25-27-24-21(26)5-2-6-22(24)33-25;/h2,5-6,8-11H,3-4,7,12-18H2,1H3;1H. The summed E-state index contributed by atoms with van der Waals surface area (Å²) in [7, 11) is 0. The van der Waals surface area contributed by atoms with Gasteiger partial charge >= 0.3 is 0 Å². The molecule has 0 bridgehead atoms. The Labute approximate surface area is 215 Å². The number of aromatic nitrogens is 1. The fraction of sp³-hybridized carbons (Fsp3) is 0.440. The quantitative estimate of drug-likeness (QED) is 0.248.